The van der Waals surface area contributed by atoms with Gasteiger partial charge in [0.1, 0.15) is 4.90 Å². The van der Waals surface area contributed by atoms with E-state index in [0.717, 1.165) is 5.56 Å². The van der Waals surface area contributed by atoms with Crippen LogP contribution < -0.4 is 15.2 Å². The number of rotatable bonds is 9. The van der Waals surface area contributed by atoms with Gasteiger partial charge in [0, 0.05) is 31.8 Å². The number of nitrogens with two attached hydrogens (primary N) is 1. The second kappa shape index (κ2) is 9.23. The molecule has 0 amide bonds. The van der Waals surface area contributed by atoms with Crippen LogP contribution in [0.4, 0.5) is 0 Å². The zero-order valence-electron chi connectivity index (χ0n) is 14.8. The van der Waals surface area contributed by atoms with Gasteiger partial charge < -0.3 is 15.2 Å². The maximum absolute atomic E-state index is 13.1. The summed E-state index contributed by atoms with van der Waals surface area (Å²) >= 11 is 6.21. The molecule has 0 aliphatic carbocycles. The molecule has 0 aliphatic rings. The highest BCUT2D eigenvalue weighted by atomic mass is 35.5. The maximum Gasteiger partial charge on any atom is 0.244 e. The minimum atomic E-state index is -3.84. The summed E-state index contributed by atoms with van der Waals surface area (Å²) < 4.78 is 37.9. The van der Waals surface area contributed by atoms with Crippen LogP contribution in [-0.2, 0) is 16.4 Å². The lowest BCUT2D eigenvalue weighted by Crippen LogP contribution is -2.37. The molecular weight excluding hydrogens is 376 g/mol. The van der Waals surface area contributed by atoms with Crippen molar-refractivity contribution in [2.24, 2.45) is 5.73 Å². The van der Waals surface area contributed by atoms with Gasteiger partial charge in [-0.2, -0.15) is 4.31 Å². The molecule has 2 N–H and O–H groups in total. The number of hydrogen-bond donors (Lipinski definition) is 1. The van der Waals surface area contributed by atoms with E-state index in [2.05, 4.69) is 0 Å². The normalized spacial score (nSPS) is 11.6. The van der Waals surface area contributed by atoms with Crippen LogP contribution in [0.3, 0.4) is 0 Å². The van der Waals surface area contributed by atoms with Crippen LogP contribution in [0.2, 0.25) is 5.02 Å². The Morgan fingerprint density at radius 1 is 1.04 bits per heavy atom. The van der Waals surface area contributed by atoms with Gasteiger partial charge in [-0.1, -0.05) is 41.9 Å². The van der Waals surface area contributed by atoms with Gasteiger partial charge in [-0.3, -0.25) is 0 Å². The lowest BCUT2D eigenvalue weighted by Gasteiger charge is -2.23. The van der Waals surface area contributed by atoms with Crippen molar-refractivity contribution in [3.8, 4) is 11.5 Å². The fraction of sp³-hybridized carbons (Fsp3) is 0.333. The predicted octanol–water partition coefficient (Wildman–Crippen LogP) is 2.55. The number of ether oxygens (including phenoxy) is 2. The van der Waals surface area contributed by atoms with E-state index in [9.17, 15) is 8.42 Å². The van der Waals surface area contributed by atoms with Crippen molar-refractivity contribution in [3.05, 3.63) is 53.1 Å². The molecule has 0 saturated carbocycles. The second-order valence-corrected chi connectivity index (χ2v) is 7.88. The van der Waals surface area contributed by atoms with Gasteiger partial charge in [-0.15, -0.1) is 0 Å². The fourth-order valence-electron chi connectivity index (χ4n) is 2.57. The SMILES string of the molecule is COc1cc(Cl)c(S(=O)(=O)N(CCN)CCc2ccccc2)cc1OC. The average Bonchev–Trinajstić information content (AvgIpc) is 2.65. The molecule has 0 spiro atoms. The molecule has 2 aromatic carbocycles. The summed E-state index contributed by atoms with van der Waals surface area (Å²) in [6.07, 6.45) is 0.574. The van der Waals surface area contributed by atoms with Crippen molar-refractivity contribution < 1.29 is 17.9 Å². The third kappa shape index (κ3) is 4.67. The highest BCUT2D eigenvalue weighted by Crippen LogP contribution is 2.36. The summed E-state index contributed by atoms with van der Waals surface area (Å²) in [4.78, 5) is -0.0293. The van der Waals surface area contributed by atoms with E-state index in [1.807, 2.05) is 30.3 Å². The van der Waals surface area contributed by atoms with E-state index in [0.29, 0.717) is 24.5 Å². The maximum atomic E-state index is 13.1. The Bertz CT molecular complexity index is 829. The molecule has 8 heteroatoms. The molecule has 0 bridgehead atoms. The molecule has 0 fully saturated rings. The van der Waals surface area contributed by atoms with Gasteiger partial charge >= 0.3 is 0 Å². The summed E-state index contributed by atoms with van der Waals surface area (Å²) in [6, 6.07) is 12.5. The summed E-state index contributed by atoms with van der Waals surface area (Å²) in [7, 11) is -0.935. The van der Waals surface area contributed by atoms with E-state index in [1.54, 1.807) is 0 Å². The molecule has 0 atom stereocenters. The molecule has 0 radical (unpaired) electrons. The summed E-state index contributed by atoms with van der Waals surface area (Å²) in [5.74, 6) is 0.664. The molecule has 0 saturated heterocycles. The molecule has 0 heterocycles. The third-order valence-electron chi connectivity index (χ3n) is 3.93. The van der Waals surface area contributed by atoms with E-state index in [-0.39, 0.29) is 23.0 Å². The van der Waals surface area contributed by atoms with Crippen LogP contribution in [0, 0.1) is 0 Å². The number of methoxy groups -OCH3 is 2. The van der Waals surface area contributed by atoms with Crippen molar-refractivity contribution in [3.63, 3.8) is 0 Å². The van der Waals surface area contributed by atoms with Crippen molar-refractivity contribution in [2.45, 2.75) is 11.3 Å². The first kappa shape index (κ1) is 20.5. The Morgan fingerprint density at radius 2 is 1.65 bits per heavy atom. The van der Waals surface area contributed by atoms with Crippen LogP contribution in [0.15, 0.2) is 47.4 Å². The summed E-state index contributed by atoms with van der Waals surface area (Å²) in [6.45, 7) is 0.701. The Kier molecular flexibility index (Phi) is 7.28. The van der Waals surface area contributed by atoms with Gasteiger partial charge in [0.15, 0.2) is 11.5 Å². The van der Waals surface area contributed by atoms with Crippen LogP contribution in [0.1, 0.15) is 5.56 Å². The second-order valence-electron chi connectivity index (χ2n) is 5.57. The van der Waals surface area contributed by atoms with Crippen molar-refractivity contribution in [1.29, 1.82) is 0 Å². The molecule has 0 aliphatic heterocycles. The summed E-state index contributed by atoms with van der Waals surface area (Å²) in [5.41, 5.74) is 6.67. The smallest absolute Gasteiger partial charge is 0.244 e. The van der Waals surface area contributed by atoms with Gasteiger partial charge in [0.2, 0.25) is 10.0 Å². The van der Waals surface area contributed by atoms with E-state index in [1.165, 1.54) is 30.7 Å². The molecule has 0 unspecified atom stereocenters. The van der Waals surface area contributed by atoms with Gasteiger partial charge in [-0.05, 0) is 12.0 Å². The van der Waals surface area contributed by atoms with Crippen LogP contribution in [-0.4, -0.2) is 46.6 Å². The number of sulfonamides is 1. The quantitative estimate of drug-likeness (QED) is 0.701. The van der Waals surface area contributed by atoms with Crippen LogP contribution in [0.5, 0.6) is 11.5 Å². The standard InChI is InChI=1S/C18H23ClN2O4S/c1-24-16-12-15(19)18(13-17(16)25-2)26(22,23)21(11-9-20)10-8-14-6-4-3-5-7-14/h3-7,12-13H,8-11,20H2,1-2H3. The van der Waals surface area contributed by atoms with Crippen LogP contribution >= 0.6 is 11.6 Å². The van der Waals surface area contributed by atoms with Crippen molar-refractivity contribution >= 4 is 21.6 Å². The molecule has 2 rings (SSSR count). The zero-order chi connectivity index (χ0) is 19.2. The zero-order valence-corrected chi connectivity index (χ0v) is 16.4. The molecule has 26 heavy (non-hydrogen) atoms. The predicted molar refractivity (Wildman–Crippen MR) is 103 cm³/mol. The lowest BCUT2D eigenvalue weighted by atomic mass is 10.1. The number of halogens is 1. The lowest BCUT2D eigenvalue weighted by molar-refractivity contribution is 0.353. The minimum Gasteiger partial charge on any atom is -0.493 e. The number of benzene rings is 2. The highest BCUT2D eigenvalue weighted by Gasteiger charge is 2.28. The monoisotopic (exact) mass is 398 g/mol. The minimum absolute atomic E-state index is 0.0293. The van der Waals surface area contributed by atoms with E-state index < -0.39 is 10.0 Å². The van der Waals surface area contributed by atoms with Gasteiger partial charge in [-0.25, -0.2) is 8.42 Å². The Balaban J connectivity index is 2.34. The molecule has 142 valence electrons. The first-order chi connectivity index (χ1) is 12.4. The first-order valence-electron chi connectivity index (χ1n) is 8.09. The van der Waals surface area contributed by atoms with Gasteiger partial charge in [0.05, 0.1) is 19.2 Å². The Labute approximate surface area is 159 Å². The number of nitrogens with zero attached hydrogens (tertiary/aromatic N) is 1. The summed E-state index contributed by atoms with van der Waals surface area (Å²) in [5, 5.41) is 0.0735. The highest BCUT2D eigenvalue weighted by molar-refractivity contribution is 7.89. The first-order valence-corrected chi connectivity index (χ1v) is 9.91. The molecule has 2 aromatic rings. The molecular formula is C18H23ClN2O4S. The van der Waals surface area contributed by atoms with Gasteiger partial charge in [0.25, 0.3) is 0 Å². The molecule has 0 aromatic heterocycles. The van der Waals surface area contributed by atoms with Crippen molar-refractivity contribution in [2.75, 3.05) is 33.9 Å². The van der Waals surface area contributed by atoms with E-state index >= 15 is 0 Å². The largest absolute Gasteiger partial charge is 0.493 e. The third-order valence-corrected chi connectivity index (χ3v) is 6.29. The Morgan fingerprint density at radius 3 is 2.23 bits per heavy atom. The van der Waals surface area contributed by atoms with Crippen molar-refractivity contribution in [1.82, 2.24) is 4.31 Å². The molecule has 6 nitrogen and oxygen atoms in total. The topological polar surface area (TPSA) is 81.9 Å². The van der Waals surface area contributed by atoms with Crippen LogP contribution in [0.25, 0.3) is 0 Å². The van der Waals surface area contributed by atoms with E-state index in [4.69, 9.17) is 26.8 Å². The Hall–Kier alpha value is -1.80. The fourth-order valence-corrected chi connectivity index (χ4v) is 4.53. The number of hydrogen-bond acceptors (Lipinski definition) is 5. The average molecular weight is 399 g/mol.